The van der Waals surface area contributed by atoms with Crippen LogP contribution in [0.15, 0.2) is 35.7 Å². The number of carbonyl (C=O) groups is 1. The molecule has 7 heteroatoms. The maximum atomic E-state index is 11.8. The monoisotopic (exact) mass is 292 g/mol. The number of thioether (sulfide) groups is 1. The Kier molecular flexibility index (Phi) is 4.89. The van der Waals surface area contributed by atoms with Gasteiger partial charge >= 0.3 is 0 Å². The zero-order valence-electron chi connectivity index (χ0n) is 11.1. The van der Waals surface area contributed by atoms with Crippen molar-refractivity contribution >= 4 is 29.0 Å². The van der Waals surface area contributed by atoms with Crippen molar-refractivity contribution in [1.29, 1.82) is 0 Å². The van der Waals surface area contributed by atoms with Gasteiger partial charge in [0.05, 0.1) is 18.5 Å². The molecule has 0 aliphatic carbocycles. The minimum atomic E-state index is -0.0825. The highest BCUT2D eigenvalue weighted by Gasteiger charge is 2.07. The molecule has 2 rings (SSSR count). The maximum Gasteiger partial charge on any atom is 0.225 e. The van der Waals surface area contributed by atoms with Crippen LogP contribution in [0.1, 0.15) is 6.42 Å². The molecular weight excluding hydrogens is 276 g/mol. The molecule has 0 bridgehead atoms. The number of nitrogens with two attached hydrogens (primary N) is 1. The third kappa shape index (κ3) is 3.92. The van der Waals surface area contributed by atoms with Gasteiger partial charge in [-0.2, -0.15) is 0 Å². The summed E-state index contributed by atoms with van der Waals surface area (Å²) in [6.07, 6.45) is 3.82. The number of ether oxygens (including phenoxy) is 1. The van der Waals surface area contributed by atoms with Crippen LogP contribution in [0.2, 0.25) is 0 Å². The highest BCUT2D eigenvalue weighted by atomic mass is 32.2. The lowest BCUT2D eigenvalue weighted by Gasteiger charge is -2.09. The van der Waals surface area contributed by atoms with E-state index in [9.17, 15) is 4.79 Å². The van der Waals surface area contributed by atoms with Gasteiger partial charge in [-0.15, -0.1) is 0 Å². The predicted molar refractivity (Wildman–Crippen MR) is 80.0 cm³/mol. The number of imidazole rings is 1. The van der Waals surface area contributed by atoms with Gasteiger partial charge < -0.3 is 20.8 Å². The highest BCUT2D eigenvalue weighted by Crippen LogP contribution is 2.24. The fourth-order valence-electron chi connectivity index (χ4n) is 1.56. The molecule has 0 unspecified atom stereocenters. The Morgan fingerprint density at radius 1 is 1.55 bits per heavy atom. The predicted octanol–water partition coefficient (Wildman–Crippen LogP) is 2.12. The van der Waals surface area contributed by atoms with Crippen molar-refractivity contribution < 1.29 is 9.53 Å². The number of H-pyrrole nitrogens is 1. The number of methoxy groups -OCH3 is 1. The van der Waals surface area contributed by atoms with Crippen LogP contribution in [0.4, 0.5) is 11.4 Å². The number of nitrogens with one attached hydrogen (secondary N) is 2. The van der Waals surface area contributed by atoms with E-state index in [0.717, 1.165) is 5.16 Å². The van der Waals surface area contributed by atoms with E-state index in [0.29, 0.717) is 29.3 Å². The molecule has 0 aliphatic rings. The van der Waals surface area contributed by atoms with Gasteiger partial charge in [-0.3, -0.25) is 4.79 Å². The third-order valence-electron chi connectivity index (χ3n) is 2.57. The Morgan fingerprint density at radius 3 is 3.05 bits per heavy atom. The number of hydrogen-bond acceptors (Lipinski definition) is 5. The average Bonchev–Trinajstić information content (AvgIpc) is 2.94. The molecule has 1 aromatic heterocycles. The van der Waals surface area contributed by atoms with Crippen LogP contribution in [-0.2, 0) is 4.79 Å². The number of carbonyl (C=O) groups excluding carboxylic acids is 1. The lowest BCUT2D eigenvalue weighted by molar-refractivity contribution is -0.115. The first-order valence-corrected chi connectivity index (χ1v) is 7.03. The van der Waals surface area contributed by atoms with E-state index < -0.39 is 0 Å². The normalized spacial score (nSPS) is 10.2. The van der Waals surface area contributed by atoms with Crippen molar-refractivity contribution in [3.63, 3.8) is 0 Å². The van der Waals surface area contributed by atoms with Crippen molar-refractivity contribution in [3.05, 3.63) is 30.6 Å². The van der Waals surface area contributed by atoms with Crippen molar-refractivity contribution in [2.75, 3.05) is 23.9 Å². The van der Waals surface area contributed by atoms with E-state index in [1.807, 2.05) is 0 Å². The molecule has 20 heavy (non-hydrogen) atoms. The SMILES string of the molecule is COc1ccc(NC(=O)CCSc2ncc[nH]2)c(N)c1. The molecule has 6 nitrogen and oxygen atoms in total. The number of nitrogens with zero attached hydrogens (tertiary/aromatic N) is 1. The van der Waals surface area contributed by atoms with Crippen LogP contribution in [0.25, 0.3) is 0 Å². The zero-order chi connectivity index (χ0) is 14.4. The van der Waals surface area contributed by atoms with Crippen molar-refractivity contribution in [2.45, 2.75) is 11.6 Å². The minimum Gasteiger partial charge on any atom is -0.497 e. The van der Waals surface area contributed by atoms with Gasteiger partial charge in [0.15, 0.2) is 5.16 Å². The van der Waals surface area contributed by atoms with Crippen LogP contribution in [0.3, 0.4) is 0 Å². The smallest absolute Gasteiger partial charge is 0.225 e. The third-order valence-corrected chi connectivity index (χ3v) is 3.48. The first kappa shape index (κ1) is 14.3. The number of nitrogen functional groups attached to an aromatic ring is 1. The number of anilines is 2. The molecule has 0 saturated carbocycles. The van der Waals surface area contributed by atoms with Gasteiger partial charge in [-0.05, 0) is 12.1 Å². The summed E-state index contributed by atoms with van der Waals surface area (Å²) >= 11 is 1.50. The largest absolute Gasteiger partial charge is 0.497 e. The summed E-state index contributed by atoms with van der Waals surface area (Å²) < 4.78 is 5.05. The molecule has 1 aromatic carbocycles. The summed E-state index contributed by atoms with van der Waals surface area (Å²) in [5.41, 5.74) is 6.92. The van der Waals surface area contributed by atoms with Crippen LogP contribution in [0, 0.1) is 0 Å². The molecule has 0 radical (unpaired) electrons. The fraction of sp³-hybridized carbons (Fsp3) is 0.231. The van der Waals surface area contributed by atoms with E-state index in [2.05, 4.69) is 15.3 Å². The van der Waals surface area contributed by atoms with Gasteiger partial charge in [-0.25, -0.2) is 4.98 Å². The van der Waals surface area contributed by atoms with Crippen LogP contribution in [0.5, 0.6) is 5.75 Å². The Bertz CT molecular complexity index is 572. The first-order valence-electron chi connectivity index (χ1n) is 6.04. The van der Waals surface area contributed by atoms with Gasteiger partial charge in [0.2, 0.25) is 5.91 Å². The molecule has 2 aromatic rings. The number of aromatic amines is 1. The molecule has 0 spiro atoms. The zero-order valence-corrected chi connectivity index (χ0v) is 11.9. The molecule has 0 aliphatic heterocycles. The van der Waals surface area contributed by atoms with Crippen LogP contribution < -0.4 is 15.8 Å². The van der Waals surface area contributed by atoms with Crippen molar-refractivity contribution in [1.82, 2.24) is 9.97 Å². The van der Waals surface area contributed by atoms with E-state index in [1.165, 1.54) is 11.8 Å². The summed E-state index contributed by atoms with van der Waals surface area (Å²) in [7, 11) is 1.57. The number of benzene rings is 1. The second-order valence-electron chi connectivity index (χ2n) is 3.99. The average molecular weight is 292 g/mol. The Balaban J connectivity index is 1.82. The summed E-state index contributed by atoms with van der Waals surface area (Å²) in [6.45, 7) is 0. The first-order chi connectivity index (χ1) is 9.69. The molecule has 0 fully saturated rings. The topological polar surface area (TPSA) is 93.0 Å². The molecule has 0 atom stereocenters. The molecule has 106 valence electrons. The number of aromatic nitrogens is 2. The van der Waals surface area contributed by atoms with Crippen LogP contribution in [-0.4, -0.2) is 28.7 Å². The lowest BCUT2D eigenvalue weighted by atomic mass is 10.2. The van der Waals surface area contributed by atoms with E-state index in [1.54, 1.807) is 37.7 Å². The van der Waals surface area contributed by atoms with Crippen LogP contribution >= 0.6 is 11.8 Å². The van der Waals surface area contributed by atoms with Gasteiger partial charge in [0.1, 0.15) is 5.75 Å². The lowest BCUT2D eigenvalue weighted by Crippen LogP contribution is -2.13. The molecular formula is C13H16N4O2S. The molecule has 0 saturated heterocycles. The maximum absolute atomic E-state index is 11.8. The Hall–Kier alpha value is -2.15. The molecule has 1 heterocycles. The van der Waals surface area contributed by atoms with Gasteiger partial charge in [0.25, 0.3) is 0 Å². The highest BCUT2D eigenvalue weighted by molar-refractivity contribution is 7.99. The summed E-state index contributed by atoms with van der Waals surface area (Å²) in [6, 6.07) is 5.16. The number of hydrogen-bond donors (Lipinski definition) is 3. The second kappa shape index (κ2) is 6.85. The van der Waals surface area contributed by atoms with E-state index in [4.69, 9.17) is 10.5 Å². The van der Waals surface area contributed by atoms with Crippen molar-refractivity contribution in [2.24, 2.45) is 0 Å². The van der Waals surface area contributed by atoms with E-state index in [-0.39, 0.29) is 5.91 Å². The van der Waals surface area contributed by atoms with Crippen molar-refractivity contribution in [3.8, 4) is 5.75 Å². The number of amides is 1. The van der Waals surface area contributed by atoms with E-state index >= 15 is 0 Å². The minimum absolute atomic E-state index is 0.0825. The summed E-state index contributed by atoms with van der Waals surface area (Å²) in [5.74, 6) is 1.23. The quantitative estimate of drug-likeness (QED) is 0.560. The summed E-state index contributed by atoms with van der Waals surface area (Å²) in [5, 5.41) is 3.59. The molecule has 4 N–H and O–H groups in total. The fourth-order valence-corrected chi connectivity index (χ4v) is 2.33. The second-order valence-corrected chi connectivity index (χ2v) is 5.08. The summed E-state index contributed by atoms with van der Waals surface area (Å²) in [4.78, 5) is 18.8. The van der Waals surface area contributed by atoms with Gasteiger partial charge in [-0.1, -0.05) is 11.8 Å². The molecule has 1 amide bonds. The van der Waals surface area contributed by atoms with Gasteiger partial charge in [0, 0.05) is 30.6 Å². The number of rotatable bonds is 6. The Morgan fingerprint density at radius 2 is 2.40 bits per heavy atom. The Labute approximate surface area is 121 Å². The standard InChI is InChI=1S/C13H16N4O2S/c1-19-9-2-3-11(10(14)8-9)17-12(18)4-7-20-13-15-5-6-16-13/h2-3,5-6,8H,4,7,14H2,1H3,(H,15,16)(H,17,18).